The average Bonchev–Trinajstić information content (AvgIpc) is 3.34. The molecule has 1 aliphatic carbocycles. The van der Waals surface area contributed by atoms with Crippen molar-refractivity contribution >= 4 is 14.4 Å². The van der Waals surface area contributed by atoms with Crippen molar-refractivity contribution in [3.63, 3.8) is 0 Å². The zero-order valence-corrected chi connectivity index (χ0v) is 34.3. The van der Waals surface area contributed by atoms with Crippen LogP contribution in [0.1, 0.15) is 111 Å². The molecule has 0 spiro atoms. The molecule has 0 aromatic heterocycles. The molecule has 1 heterocycles. The first-order valence-electron chi connectivity index (χ1n) is 17.4. The Bertz CT molecular complexity index is 1690. The third kappa shape index (κ3) is 7.33. The van der Waals surface area contributed by atoms with Crippen LogP contribution in [0, 0.1) is 13.8 Å². The Morgan fingerprint density at radius 3 is 1.36 bits per heavy atom. The van der Waals surface area contributed by atoms with Gasteiger partial charge in [0.15, 0.2) is 0 Å². The number of rotatable bonds is 8. The third-order valence-corrected chi connectivity index (χ3v) is 39.9. The van der Waals surface area contributed by atoms with E-state index in [1.54, 1.807) is 0 Å². The van der Waals surface area contributed by atoms with Gasteiger partial charge in [-0.15, -0.1) is 0 Å². The van der Waals surface area contributed by atoms with Gasteiger partial charge in [-0.3, -0.25) is 0 Å². The molecule has 2 nitrogen and oxygen atoms in total. The van der Waals surface area contributed by atoms with Gasteiger partial charge in [0.05, 0.1) is 0 Å². The van der Waals surface area contributed by atoms with Crippen LogP contribution in [-0.4, -0.2) is 20.7 Å². The summed E-state index contributed by atoms with van der Waals surface area (Å²) >= 11 is -1.10. The summed E-state index contributed by atoms with van der Waals surface area (Å²) in [7, 11) is 0.771. The fourth-order valence-electron chi connectivity index (χ4n) is 7.84. The molecule has 47 heavy (non-hydrogen) atoms. The first-order chi connectivity index (χ1) is 22.5. The molecule has 4 aromatic rings. The molecule has 0 radical (unpaired) electrons. The fourth-order valence-corrected chi connectivity index (χ4v) is 46.9. The second kappa shape index (κ2) is 14.5. The Labute approximate surface area is 295 Å². The van der Waals surface area contributed by atoms with Gasteiger partial charge in [-0.2, -0.15) is 0 Å². The van der Waals surface area contributed by atoms with Gasteiger partial charge in [0.2, 0.25) is 0 Å². The van der Waals surface area contributed by atoms with Crippen molar-refractivity contribution in [1.82, 2.24) is 0 Å². The van der Waals surface area contributed by atoms with Crippen molar-refractivity contribution in [2.24, 2.45) is 0 Å². The third-order valence-electron chi connectivity index (χ3n) is 10.7. The molecule has 4 atom stereocenters. The Hall–Kier alpha value is -1.95. The number of hydrogen-bond acceptors (Lipinski definition) is 2. The van der Waals surface area contributed by atoms with E-state index in [-0.39, 0.29) is 10.8 Å². The number of benzene rings is 4. The Kier molecular flexibility index (Phi) is 10.8. The number of hydrogen-bond donors (Lipinski definition) is 2. The molecule has 2 N–H and O–H groups in total. The second-order valence-electron chi connectivity index (χ2n) is 14.9. The second-order valence-corrected chi connectivity index (χ2v) is 35.8. The summed E-state index contributed by atoms with van der Waals surface area (Å²) in [6, 6.07) is 30.3. The van der Waals surface area contributed by atoms with Gasteiger partial charge in [-0.1, -0.05) is 0 Å². The molecule has 1 aliphatic heterocycles. The van der Waals surface area contributed by atoms with Gasteiger partial charge in [-0.25, -0.2) is 0 Å². The van der Waals surface area contributed by atoms with E-state index in [9.17, 15) is 10.2 Å². The summed E-state index contributed by atoms with van der Waals surface area (Å²) in [5.74, 6) is 3.15. The van der Waals surface area contributed by atoms with Crippen LogP contribution in [-0.2, 0) is 41.2 Å². The predicted molar refractivity (Wildman–Crippen MR) is 201 cm³/mol. The van der Waals surface area contributed by atoms with E-state index < -0.39 is 18.9 Å². The van der Waals surface area contributed by atoms with Crippen LogP contribution < -0.4 is 0 Å². The van der Waals surface area contributed by atoms with Gasteiger partial charge in [0, 0.05) is 0 Å². The molecule has 0 amide bonds. The first kappa shape index (κ1) is 34.9. The molecule has 1 saturated carbocycles. The maximum atomic E-state index is 11.9. The molecule has 2 aliphatic rings. The van der Waals surface area contributed by atoms with Gasteiger partial charge < -0.3 is 0 Å². The molecule has 1 fully saturated rings. The maximum absolute atomic E-state index is 11.9. The van der Waals surface area contributed by atoms with Crippen LogP contribution in [0.3, 0.4) is 0 Å². The molecule has 248 valence electrons. The molecule has 0 saturated heterocycles. The van der Waals surface area contributed by atoms with Crippen LogP contribution in [0.2, 0.25) is 0 Å². The van der Waals surface area contributed by atoms with Crippen LogP contribution in [0.5, 0.6) is 11.5 Å². The normalized spacial score (nSPS) is 21.7. The Morgan fingerprint density at radius 2 is 0.979 bits per heavy atom. The zero-order valence-electron chi connectivity index (χ0n) is 29.1. The Balaban J connectivity index is 1.40. The molecular weight excluding hydrogens is 779 g/mol. The monoisotopic (exact) mass is 832 g/mol. The van der Waals surface area contributed by atoms with Crippen molar-refractivity contribution in [1.29, 1.82) is 0 Å². The van der Waals surface area contributed by atoms with Crippen LogP contribution in [0.25, 0.3) is 0 Å². The number of phenols is 2. The first-order valence-corrected chi connectivity index (χ1v) is 29.1. The zero-order chi connectivity index (χ0) is 33.3. The van der Waals surface area contributed by atoms with Crippen molar-refractivity contribution in [2.45, 2.75) is 113 Å². The van der Waals surface area contributed by atoms with E-state index >= 15 is 0 Å². The van der Waals surface area contributed by atoms with Crippen molar-refractivity contribution in [3.8, 4) is 11.5 Å². The molecule has 4 aromatic carbocycles. The molecule has 0 bridgehead atoms. The van der Waals surface area contributed by atoms with Gasteiger partial charge in [0.1, 0.15) is 0 Å². The van der Waals surface area contributed by atoms with Gasteiger partial charge in [0.25, 0.3) is 0 Å². The van der Waals surface area contributed by atoms with Crippen LogP contribution in [0.4, 0.5) is 0 Å². The number of aryl methyl sites for hydroxylation is 2. The van der Waals surface area contributed by atoms with E-state index in [0.717, 1.165) is 33.1 Å². The standard InChI is InChI=1S/C42H52O2S2.Hf/c1-29-23-31(39(43)35(25-29)41(3,4)33-17-11-9-12-18-33)27-45-37-21-15-7-8-16-22-38(37)46-28-32-24-30(2)26-36(40(32)44)42(5,6)34-19-13-10-14-20-34;/h9-14,17-20,23-26,37-38,43-44H,7-8,15-16,21-22,27-28H2,1-6H3;/t37-,38?;/m0./s1. The van der Waals surface area contributed by atoms with Crippen LogP contribution >= 0.6 is 14.4 Å². The quantitative estimate of drug-likeness (QED) is 0.174. The average molecular weight is 831 g/mol. The van der Waals surface area contributed by atoms with Crippen molar-refractivity contribution in [3.05, 3.63) is 129 Å². The summed E-state index contributed by atoms with van der Waals surface area (Å²) in [5, 5.41) is 25.4. The minimum absolute atomic E-state index is 0.270. The summed E-state index contributed by atoms with van der Waals surface area (Å²) in [6.07, 6.45) is 8.13. The SMILES string of the molecule is Cc1cc(C[S]2=[Hf]=[S](Cc3cc(C)cc(C(C)(C)c4ccccc4)c3O)[C@H]3CCCCCCC32)c(O)c(C(C)(C)c2ccccc2)c1. The fraction of sp³-hybridized carbons (Fsp3) is 0.429. The minimum atomic E-state index is -1.10. The predicted octanol–water partition coefficient (Wildman–Crippen LogP) is 11.6. The van der Waals surface area contributed by atoms with E-state index in [4.69, 9.17) is 0 Å². The van der Waals surface area contributed by atoms with E-state index in [2.05, 4.69) is 126 Å². The Morgan fingerprint density at radius 1 is 0.596 bits per heavy atom. The summed E-state index contributed by atoms with van der Waals surface area (Å²) < 4.78 is 0. The summed E-state index contributed by atoms with van der Waals surface area (Å²) in [5.41, 5.74) is 8.90. The molecular formula is C42H52HfO2S2. The van der Waals surface area contributed by atoms with E-state index in [1.807, 2.05) is 0 Å². The van der Waals surface area contributed by atoms with Crippen molar-refractivity contribution < 1.29 is 29.1 Å². The number of aromatic hydroxyl groups is 2. The number of fused-ring (bicyclic) bond motifs is 1. The summed E-state index contributed by atoms with van der Waals surface area (Å²) in [4.78, 5) is 0. The topological polar surface area (TPSA) is 40.5 Å². The molecule has 5 heteroatoms. The molecule has 3 unspecified atom stereocenters. The number of phenolic OH excluding ortho intramolecular Hbond substituents is 2. The van der Waals surface area contributed by atoms with E-state index in [0.29, 0.717) is 25.9 Å². The van der Waals surface area contributed by atoms with Gasteiger partial charge in [-0.05, 0) is 0 Å². The van der Waals surface area contributed by atoms with Gasteiger partial charge >= 0.3 is 297 Å². The van der Waals surface area contributed by atoms with Crippen LogP contribution in [0.15, 0.2) is 84.9 Å². The van der Waals surface area contributed by atoms with E-state index in [1.165, 1.54) is 71.9 Å². The van der Waals surface area contributed by atoms with Crippen molar-refractivity contribution in [2.75, 3.05) is 0 Å². The molecule has 6 rings (SSSR count). The summed E-state index contributed by atoms with van der Waals surface area (Å²) in [6.45, 7) is 13.4.